The van der Waals surface area contributed by atoms with Crippen LogP contribution in [0, 0.1) is 5.92 Å². The zero-order valence-electron chi connectivity index (χ0n) is 18.7. The SMILES string of the molecule is CCCCn1c(N)c(N(CCC(C)C)C(=O)CSc2ccc(C(F)(F)F)cn2)c(=O)[nH]c1=O. The molecule has 2 aromatic heterocycles. The van der Waals surface area contributed by atoms with Gasteiger partial charge in [-0.1, -0.05) is 39.0 Å². The number of amides is 1. The zero-order chi connectivity index (χ0) is 24.8. The average molecular weight is 488 g/mol. The fourth-order valence-corrected chi connectivity index (χ4v) is 3.69. The number of hydrogen-bond acceptors (Lipinski definition) is 6. The molecule has 2 rings (SSSR count). The standard InChI is InChI=1S/C21H28F3N5O3S/c1-4-5-9-29-18(25)17(19(31)27-20(29)32)28(10-8-13(2)3)16(30)12-33-15-7-6-14(11-26-15)21(22,23)24/h6-7,11,13H,4-5,8-10,12,25H2,1-3H3,(H,27,31,32). The van der Waals surface area contributed by atoms with Gasteiger partial charge in [-0.25, -0.2) is 9.78 Å². The number of alkyl halides is 3. The van der Waals surface area contributed by atoms with E-state index in [1.807, 2.05) is 20.8 Å². The van der Waals surface area contributed by atoms with Gasteiger partial charge in [0.15, 0.2) is 5.69 Å². The van der Waals surface area contributed by atoms with Crippen molar-refractivity contribution in [2.75, 3.05) is 22.9 Å². The minimum atomic E-state index is -4.50. The lowest BCUT2D eigenvalue weighted by Gasteiger charge is -2.25. The number of rotatable bonds is 10. The second-order valence-corrected chi connectivity index (χ2v) is 8.89. The van der Waals surface area contributed by atoms with E-state index in [1.54, 1.807) is 0 Å². The van der Waals surface area contributed by atoms with Crippen LogP contribution in [0.2, 0.25) is 0 Å². The molecule has 0 saturated carbocycles. The summed E-state index contributed by atoms with van der Waals surface area (Å²) in [4.78, 5) is 45.1. The maximum atomic E-state index is 13.1. The van der Waals surface area contributed by atoms with E-state index in [0.29, 0.717) is 25.6 Å². The van der Waals surface area contributed by atoms with Gasteiger partial charge in [0.25, 0.3) is 5.56 Å². The summed E-state index contributed by atoms with van der Waals surface area (Å²) in [5.41, 5.74) is 3.77. The number of nitrogens with two attached hydrogens (primary N) is 1. The van der Waals surface area contributed by atoms with Crippen LogP contribution in [0.1, 0.15) is 45.6 Å². The van der Waals surface area contributed by atoms with Crippen molar-refractivity contribution in [3.63, 3.8) is 0 Å². The van der Waals surface area contributed by atoms with Gasteiger partial charge in [-0.3, -0.25) is 19.1 Å². The van der Waals surface area contributed by atoms with Gasteiger partial charge >= 0.3 is 11.9 Å². The summed E-state index contributed by atoms with van der Waals surface area (Å²) >= 11 is 0.947. The molecule has 1 amide bonds. The Kier molecular flexibility index (Phi) is 9.15. The molecule has 182 valence electrons. The summed E-state index contributed by atoms with van der Waals surface area (Å²) in [6, 6.07) is 2.08. The number of hydrogen-bond donors (Lipinski definition) is 2. The number of pyridine rings is 1. The van der Waals surface area contributed by atoms with Crippen molar-refractivity contribution >= 4 is 29.2 Å². The molecule has 0 aliphatic rings. The van der Waals surface area contributed by atoms with Crippen LogP contribution in [0.25, 0.3) is 0 Å². The normalized spacial score (nSPS) is 11.7. The van der Waals surface area contributed by atoms with Gasteiger partial charge in [-0.2, -0.15) is 13.2 Å². The van der Waals surface area contributed by atoms with Crippen LogP contribution in [-0.2, 0) is 17.5 Å². The topological polar surface area (TPSA) is 114 Å². The molecule has 0 fully saturated rings. The van der Waals surface area contributed by atoms with Crippen molar-refractivity contribution in [1.29, 1.82) is 0 Å². The third kappa shape index (κ3) is 7.11. The molecular formula is C21H28F3N5O3S. The molecule has 2 aromatic rings. The van der Waals surface area contributed by atoms with E-state index in [1.165, 1.54) is 15.5 Å². The zero-order valence-corrected chi connectivity index (χ0v) is 19.6. The first-order chi connectivity index (χ1) is 15.5. The quantitative estimate of drug-likeness (QED) is 0.496. The van der Waals surface area contributed by atoms with E-state index >= 15 is 0 Å². The number of aromatic amines is 1. The Morgan fingerprint density at radius 3 is 2.55 bits per heavy atom. The second kappa shape index (κ2) is 11.4. The van der Waals surface area contributed by atoms with Crippen molar-refractivity contribution in [1.82, 2.24) is 14.5 Å². The van der Waals surface area contributed by atoms with Crippen LogP contribution < -0.4 is 21.9 Å². The monoisotopic (exact) mass is 487 g/mol. The molecular weight excluding hydrogens is 459 g/mol. The maximum absolute atomic E-state index is 13.1. The number of nitrogens with zero attached hydrogens (tertiary/aromatic N) is 3. The fraction of sp³-hybridized carbons (Fsp3) is 0.524. The lowest BCUT2D eigenvalue weighted by molar-refractivity contribution is -0.137. The highest BCUT2D eigenvalue weighted by molar-refractivity contribution is 7.99. The van der Waals surface area contributed by atoms with E-state index in [9.17, 15) is 27.6 Å². The van der Waals surface area contributed by atoms with Crippen molar-refractivity contribution in [3.05, 3.63) is 44.7 Å². The highest BCUT2D eigenvalue weighted by Crippen LogP contribution is 2.30. The second-order valence-electron chi connectivity index (χ2n) is 7.90. The van der Waals surface area contributed by atoms with Gasteiger partial charge in [0.2, 0.25) is 5.91 Å². The minimum Gasteiger partial charge on any atom is -0.383 e. The summed E-state index contributed by atoms with van der Waals surface area (Å²) in [6.45, 7) is 6.34. The molecule has 0 spiro atoms. The molecule has 2 heterocycles. The van der Waals surface area contributed by atoms with Gasteiger partial charge in [0, 0.05) is 19.3 Å². The summed E-state index contributed by atoms with van der Waals surface area (Å²) in [6.07, 6.45) is -1.77. The first-order valence-electron chi connectivity index (χ1n) is 10.5. The van der Waals surface area contributed by atoms with Crippen LogP contribution in [0.5, 0.6) is 0 Å². The third-order valence-electron chi connectivity index (χ3n) is 4.86. The third-order valence-corrected chi connectivity index (χ3v) is 5.79. The molecule has 0 bridgehead atoms. The van der Waals surface area contributed by atoms with Crippen LogP contribution in [0.3, 0.4) is 0 Å². The largest absolute Gasteiger partial charge is 0.417 e. The molecule has 8 nitrogen and oxygen atoms in total. The minimum absolute atomic E-state index is 0.0908. The number of anilines is 2. The van der Waals surface area contributed by atoms with Gasteiger partial charge in [0.1, 0.15) is 5.82 Å². The Morgan fingerprint density at radius 2 is 2.00 bits per heavy atom. The first-order valence-corrected chi connectivity index (χ1v) is 11.5. The van der Waals surface area contributed by atoms with Gasteiger partial charge in [0.05, 0.1) is 16.3 Å². The summed E-state index contributed by atoms with van der Waals surface area (Å²) in [5.74, 6) is -0.522. The van der Waals surface area contributed by atoms with Gasteiger partial charge in [-0.05, 0) is 30.9 Å². The van der Waals surface area contributed by atoms with Crippen molar-refractivity contribution in [2.45, 2.75) is 57.8 Å². The Hall–Kier alpha value is -2.76. The van der Waals surface area contributed by atoms with Crippen LogP contribution in [-0.4, -0.2) is 32.7 Å². The Balaban J connectivity index is 2.31. The highest BCUT2D eigenvalue weighted by atomic mass is 32.2. The van der Waals surface area contributed by atoms with Crippen molar-refractivity contribution < 1.29 is 18.0 Å². The van der Waals surface area contributed by atoms with E-state index in [-0.39, 0.29) is 34.7 Å². The number of carbonyl (C=O) groups excluding carboxylic acids is 1. The number of thioether (sulfide) groups is 1. The average Bonchev–Trinajstić information content (AvgIpc) is 2.73. The molecule has 0 atom stereocenters. The lowest BCUT2D eigenvalue weighted by Crippen LogP contribution is -2.42. The summed E-state index contributed by atoms with van der Waals surface area (Å²) in [5, 5.41) is 0.231. The molecule has 0 aromatic carbocycles. The molecule has 0 saturated heterocycles. The maximum Gasteiger partial charge on any atom is 0.417 e. The number of unbranched alkanes of at least 4 members (excludes halogenated alkanes) is 1. The van der Waals surface area contributed by atoms with Crippen molar-refractivity contribution in [3.8, 4) is 0 Å². The molecule has 0 unspecified atom stereocenters. The van der Waals surface area contributed by atoms with Crippen LogP contribution >= 0.6 is 11.8 Å². The highest BCUT2D eigenvalue weighted by Gasteiger charge is 2.31. The molecule has 0 aliphatic heterocycles. The summed E-state index contributed by atoms with van der Waals surface area (Å²) < 4.78 is 39.4. The number of aromatic nitrogens is 3. The number of H-pyrrole nitrogens is 1. The van der Waals surface area contributed by atoms with Crippen LogP contribution in [0.4, 0.5) is 24.7 Å². The number of nitrogen functional groups attached to an aromatic ring is 1. The molecule has 3 N–H and O–H groups in total. The Labute approximate surface area is 193 Å². The van der Waals surface area contributed by atoms with Crippen LogP contribution in [0.15, 0.2) is 32.9 Å². The smallest absolute Gasteiger partial charge is 0.383 e. The lowest BCUT2D eigenvalue weighted by atomic mass is 10.1. The van der Waals surface area contributed by atoms with Gasteiger partial charge in [-0.15, -0.1) is 0 Å². The number of carbonyl (C=O) groups is 1. The molecule has 0 radical (unpaired) electrons. The summed E-state index contributed by atoms with van der Waals surface area (Å²) in [7, 11) is 0. The predicted octanol–water partition coefficient (Wildman–Crippen LogP) is 3.50. The van der Waals surface area contributed by atoms with Gasteiger partial charge < -0.3 is 10.6 Å². The van der Waals surface area contributed by atoms with E-state index in [4.69, 9.17) is 5.73 Å². The number of nitrogens with one attached hydrogen (secondary N) is 1. The van der Waals surface area contributed by atoms with E-state index in [2.05, 4.69) is 9.97 Å². The Morgan fingerprint density at radius 1 is 1.30 bits per heavy atom. The van der Waals surface area contributed by atoms with E-state index < -0.39 is 28.9 Å². The number of halogens is 3. The van der Waals surface area contributed by atoms with E-state index in [0.717, 1.165) is 24.2 Å². The van der Waals surface area contributed by atoms with Crippen molar-refractivity contribution in [2.24, 2.45) is 5.92 Å². The molecule has 12 heteroatoms. The molecule has 33 heavy (non-hydrogen) atoms. The predicted molar refractivity (Wildman–Crippen MR) is 122 cm³/mol. The first kappa shape index (κ1) is 26.5. The fourth-order valence-electron chi connectivity index (χ4n) is 2.97. The molecule has 0 aliphatic carbocycles. The Bertz CT molecular complexity index is 1060.